The average Bonchev–Trinajstić information content (AvgIpc) is 2.82. The fraction of sp³-hybridized carbons (Fsp3) is 0.440. The molecular formula is C25H30ClF4N3O4S. The Labute approximate surface area is 224 Å². The summed E-state index contributed by atoms with van der Waals surface area (Å²) >= 11 is 6.07. The van der Waals surface area contributed by atoms with Crippen LogP contribution < -0.4 is 9.62 Å². The van der Waals surface area contributed by atoms with Crippen molar-refractivity contribution in [3.63, 3.8) is 0 Å². The number of sulfonamides is 1. The first kappa shape index (κ1) is 31.4. The van der Waals surface area contributed by atoms with Crippen molar-refractivity contribution in [3.8, 4) is 0 Å². The summed E-state index contributed by atoms with van der Waals surface area (Å²) in [6.45, 7) is 2.87. The number of amides is 2. The molecule has 0 radical (unpaired) electrons. The van der Waals surface area contributed by atoms with Crippen molar-refractivity contribution in [3.05, 3.63) is 64.4 Å². The second-order valence-corrected chi connectivity index (χ2v) is 11.0. The summed E-state index contributed by atoms with van der Waals surface area (Å²) in [7, 11) is -4.30. The number of nitrogens with zero attached hydrogens (tertiary/aromatic N) is 2. The lowest BCUT2D eigenvalue weighted by molar-refractivity contribution is -0.140. The first-order valence-corrected chi connectivity index (χ1v) is 14.1. The van der Waals surface area contributed by atoms with Crippen LogP contribution in [0.25, 0.3) is 0 Å². The number of nitrogens with one attached hydrogen (secondary N) is 1. The van der Waals surface area contributed by atoms with E-state index in [1.807, 2.05) is 6.92 Å². The summed E-state index contributed by atoms with van der Waals surface area (Å²) in [5.41, 5.74) is -1.22. The van der Waals surface area contributed by atoms with Gasteiger partial charge in [-0.2, -0.15) is 13.2 Å². The smallest absolute Gasteiger partial charge is 0.354 e. The second-order valence-electron chi connectivity index (χ2n) is 8.65. The van der Waals surface area contributed by atoms with E-state index in [0.717, 1.165) is 23.6 Å². The highest BCUT2D eigenvalue weighted by Gasteiger charge is 2.35. The van der Waals surface area contributed by atoms with Crippen molar-refractivity contribution in [1.29, 1.82) is 0 Å². The van der Waals surface area contributed by atoms with E-state index < -0.39 is 57.7 Å². The number of benzene rings is 2. The summed E-state index contributed by atoms with van der Waals surface area (Å²) in [6.07, 6.45) is -2.38. The van der Waals surface area contributed by atoms with Gasteiger partial charge in [-0.15, -0.1) is 0 Å². The highest BCUT2D eigenvalue weighted by molar-refractivity contribution is 7.92. The Hall–Kier alpha value is -2.86. The summed E-state index contributed by atoms with van der Waals surface area (Å²) in [5, 5.41) is 2.43. The van der Waals surface area contributed by atoms with Crippen LogP contribution in [0.3, 0.4) is 0 Å². The maximum atomic E-state index is 13.6. The van der Waals surface area contributed by atoms with Gasteiger partial charge in [-0.05, 0) is 48.7 Å². The van der Waals surface area contributed by atoms with Crippen molar-refractivity contribution >= 4 is 39.1 Å². The Morgan fingerprint density at radius 3 is 2.24 bits per heavy atom. The number of unbranched alkanes of at least 4 members (excludes halogenated alkanes) is 1. The van der Waals surface area contributed by atoms with Crippen molar-refractivity contribution in [2.24, 2.45) is 0 Å². The molecule has 0 saturated carbocycles. The van der Waals surface area contributed by atoms with Crippen molar-refractivity contribution < 1.29 is 35.6 Å². The molecule has 1 atom stereocenters. The van der Waals surface area contributed by atoms with E-state index in [4.69, 9.17) is 11.6 Å². The summed E-state index contributed by atoms with van der Waals surface area (Å²) in [6, 6.07) is 6.29. The number of anilines is 1. The highest BCUT2D eigenvalue weighted by atomic mass is 35.5. The van der Waals surface area contributed by atoms with Crippen molar-refractivity contribution in [2.45, 2.75) is 51.9 Å². The number of alkyl halides is 3. The minimum absolute atomic E-state index is 0.161. The minimum Gasteiger partial charge on any atom is -0.354 e. The van der Waals surface area contributed by atoms with E-state index in [1.165, 1.54) is 24.3 Å². The van der Waals surface area contributed by atoms with E-state index in [2.05, 4.69) is 5.32 Å². The fourth-order valence-corrected chi connectivity index (χ4v) is 4.81. The van der Waals surface area contributed by atoms with Crippen LogP contribution in [0.1, 0.15) is 44.2 Å². The van der Waals surface area contributed by atoms with Crippen LogP contribution in [0.2, 0.25) is 5.02 Å². The maximum Gasteiger partial charge on any atom is 0.416 e. The topological polar surface area (TPSA) is 86.8 Å². The molecule has 0 aliphatic rings. The predicted octanol–water partition coefficient (Wildman–Crippen LogP) is 4.99. The Balaban J connectivity index is 2.50. The zero-order valence-electron chi connectivity index (χ0n) is 21.2. The SMILES string of the molecule is CCCCNC(=O)C(CC)N(Cc1ccc(F)cc1)C(=O)CN(c1cc(C(F)(F)F)ccc1Cl)S(C)(=O)=O. The molecule has 7 nitrogen and oxygen atoms in total. The lowest BCUT2D eigenvalue weighted by atomic mass is 10.1. The van der Waals surface area contributed by atoms with Crippen LogP contribution in [0, 0.1) is 5.82 Å². The second kappa shape index (κ2) is 13.3. The largest absolute Gasteiger partial charge is 0.416 e. The van der Waals surface area contributed by atoms with Gasteiger partial charge in [0.1, 0.15) is 18.4 Å². The quantitative estimate of drug-likeness (QED) is 0.284. The van der Waals surface area contributed by atoms with E-state index in [-0.39, 0.29) is 18.0 Å². The van der Waals surface area contributed by atoms with Gasteiger partial charge in [0, 0.05) is 13.1 Å². The molecule has 2 aromatic rings. The third kappa shape index (κ3) is 8.59. The first-order chi connectivity index (χ1) is 17.7. The molecule has 2 aromatic carbocycles. The molecule has 2 rings (SSSR count). The van der Waals surface area contributed by atoms with Gasteiger partial charge in [0.2, 0.25) is 21.8 Å². The fourth-order valence-electron chi connectivity index (χ4n) is 3.69. The van der Waals surface area contributed by atoms with E-state index in [0.29, 0.717) is 35.0 Å². The lowest BCUT2D eigenvalue weighted by Crippen LogP contribution is -2.52. The van der Waals surface area contributed by atoms with Crippen LogP contribution >= 0.6 is 11.6 Å². The van der Waals surface area contributed by atoms with Crippen LogP contribution in [0.4, 0.5) is 23.2 Å². The molecule has 0 fully saturated rings. The zero-order valence-corrected chi connectivity index (χ0v) is 22.8. The molecule has 0 saturated heterocycles. The third-order valence-corrected chi connectivity index (χ3v) is 7.15. The van der Waals surface area contributed by atoms with Crippen LogP contribution in [-0.4, -0.2) is 50.5 Å². The molecule has 38 heavy (non-hydrogen) atoms. The molecule has 0 spiro atoms. The molecule has 210 valence electrons. The summed E-state index contributed by atoms with van der Waals surface area (Å²) in [5.74, 6) is -1.84. The van der Waals surface area contributed by atoms with Crippen LogP contribution in [0.5, 0.6) is 0 Å². The first-order valence-electron chi connectivity index (χ1n) is 11.8. The van der Waals surface area contributed by atoms with Gasteiger partial charge in [0.05, 0.1) is 22.5 Å². The lowest BCUT2D eigenvalue weighted by Gasteiger charge is -2.33. The van der Waals surface area contributed by atoms with Gasteiger partial charge in [0.15, 0.2) is 0 Å². The Bertz CT molecular complexity index is 1220. The zero-order chi connectivity index (χ0) is 28.7. The highest BCUT2D eigenvalue weighted by Crippen LogP contribution is 2.36. The van der Waals surface area contributed by atoms with Crippen LogP contribution in [-0.2, 0) is 32.3 Å². The minimum atomic E-state index is -4.79. The molecule has 13 heteroatoms. The number of carbonyl (C=O) groups excluding carboxylic acids is 2. The Morgan fingerprint density at radius 2 is 1.71 bits per heavy atom. The summed E-state index contributed by atoms with van der Waals surface area (Å²) in [4.78, 5) is 27.7. The number of carbonyl (C=O) groups is 2. The molecule has 0 bridgehead atoms. The number of hydrogen-bond acceptors (Lipinski definition) is 4. The molecule has 0 aromatic heterocycles. The standard InChI is InChI=1S/C25H30ClF4N3O4S/c1-4-6-13-31-24(35)21(5-2)32(15-17-7-10-19(27)11-8-17)23(34)16-33(38(3,36)37)22-14-18(25(28,29)30)9-12-20(22)26/h7-12,14,21H,4-6,13,15-16H2,1-3H3,(H,31,35). The van der Waals surface area contributed by atoms with Gasteiger partial charge in [0.25, 0.3) is 0 Å². The van der Waals surface area contributed by atoms with Crippen molar-refractivity contribution in [1.82, 2.24) is 10.2 Å². The normalized spacial score (nSPS) is 12.6. The number of halogens is 5. The Morgan fingerprint density at radius 1 is 1.08 bits per heavy atom. The van der Waals surface area contributed by atoms with E-state index in [9.17, 15) is 35.6 Å². The molecule has 0 heterocycles. The molecule has 2 amide bonds. The van der Waals surface area contributed by atoms with Gasteiger partial charge in [-0.3, -0.25) is 13.9 Å². The average molecular weight is 580 g/mol. The van der Waals surface area contributed by atoms with Gasteiger partial charge >= 0.3 is 6.18 Å². The van der Waals surface area contributed by atoms with Gasteiger partial charge < -0.3 is 10.2 Å². The predicted molar refractivity (Wildman–Crippen MR) is 138 cm³/mol. The van der Waals surface area contributed by atoms with Gasteiger partial charge in [-0.25, -0.2) is 12.8 Å². The molecule has 1 N–H and O–H groups in total. The molecule has 1 unspecified atom stereocenters. The molecular weight excluding hydrogens is 550 g/mol. The number of hydrogen-bond donors (Lipinski definition) is 1. The molecule has 0 aliphatic heterocycles. The van der Waals surface area contributed by atoms with Crippen molar-refractivity contribution in [2.75, 3.05) is 23.7 Å². The third-order valence-electron chi connectivity index (χ3n) is 5.70. The van der Waals surface area contributed by atoms with E-state index >= 15 is 0 Å². The van der Waals surface area contributed by atoms with Crippen LogP contribution in [0.15, 0.2) is 42.5 Å². The molecule has 0 aliphatic carbocycles. The summed E-state index contributed by atoms with van der Waals surface area (Å²) < 4.78 is 79.2. The van der Waals surface area contributed by atoms with Gasteiger partial charge in [-0.1, -0.05) is 44.0 Å². The maximum absolute atomic E-state index is 13.6. The Kier molecular flexibility index (Phi) is 11.0. The number of rotatable bonds is 12. The van der Waals surface area contributed by atoms with E-state index in [1.54, 1.807) is 6.92 Å². The monoisotopic (exact) mass is 579 g/mol.